The monoisotopic (exact) mass is 370 g/mol. The number of hydrogen-bond donors (Lipinski definition) is 2. The summed E-state index contributed by atoms with van der Waals surface area (Å²) in [5.41, 5.74) is -0.300. The third-order valence-corrected chi connectivity index (χ3v) is 4.25. The molecule has 0 aromatic carbocycles. The van der Waals surface area contributed by atoms with Crippen LogP contribution in [0, 0.1) is 5.41 Å². The van der Waals surface area contributed by atoms with Crippen LogP contribution in [-0.4, -0.2) is 57.7 Å². The predicted molar refractivity (Wildman–Crippen MR) is 82.3 cm³/mol. The summed E-state index contributed by atoms with van der Waals surface area (Å²) in [5, 5.41) is 10.8. The molecular weight excluding hydrogens is 349 g/mol. The van der Waals surface area contributed by atoms with Gasteiger partial charge in [0.25, 0.3) is 0 Å². The minimum atomic E-state index is -4.72. The van der Waals surface area contributed by atoms with Gasteiger partial charge in [-0.1, -0.05) is 20.8 Å². The Balaban J connectivity index is 2.77. The van der Waals surface area contributed by atoms with Crippen molar-refractivity contribution in [3.8, 4) is 0 Å². The lowest BCUT2D eigenvalue weighted by molar-refractivity contribution is -0.160. The van der Waals surface area contributed by atoms with Crippen molar-refractivity contribution in [1.29, 1.82) is 0 Å². The molecule has 1 saturated heterocycles. The van der Waals surface area contributed by atoms with Crippen LogP contribution in [0.5, 0.6) is 0 Å². The van der Waals surface area contributed by atoms with Crippen molar-refractivity contribution in [3.05, 3.63) is 0 Å². The van der Waals surface area contributed by atoms with Gasteiger partial charge in [-0.15, -0.1) is 11.8 Å². The van der Waals surface area contributed by atoms with Crippen LogP contribution in [-0.2, 0) is 14.4 Å². The molecule has 138 valence electrons. The molecule has 1 fully saturated rings. The first-order valence-corrected chi connectivity index (χ1v) is 8.43. The topological polar surface area (TPSA) is 86.7 Å². The van der Waals surface area contributed by atoms with E-state index in [1.165, 1.54) is 16.7 Å². The Morgan fingerprint density at radius 2 is 1.88 bits per heavy atom. The minimum absolute atomic E-state index is 0.183. The number of alkyl halides is 3. The summed E-state index contributed by atoms with van der Waals surface area (Å²) >= 11 is 1.30. The first-order chi connectivity index (χ1) is 10.8. The third-order valence-electron chi connectivity index (χ3n) is 3.24. The van der Waals surface area contributed by atoms with E-state index in [0.717, 1.165) is 0 Å². The number of carboxylic acids is 1. The number of thioether (sulfide) groups is 1. The molecule has 0 aromatic heterocycles. The number of carboxylic acid groups (broad SMARTS) is 1. The second-order valence-electron chi connectivity index (χ2n) is 6.84. The lowest BCUT2D eigenvalue weighted by atomic mass is 9.91. The van der Waals surface area contributed by atoms with E-state index in [0.29, 0.717) is 0 Å². The van der Waals surface area contributed by atoms with Gasteiger partial charge in [0.1, 0.15) is 12.1 Å². The Labute approximate surface area is 142 Å². The Bertz CT molecular complexity index is 505. The second kappa shape index (κ2) is 7.62. The highest BCUT2D eigenvalue weighted by Gasteiger charge is 2.40. The normalized spacial score (nSPS) is 19.9. The van der Waals surface area contributed by atoms with Crippen molar-refractivity contribution in [3.63, 3.8) is 0 Å². The van der Waals surface area contributed by atoms with E-state index in [4.69, 9.17) is 5.11 Å². The van der Waals surface area contributed by atoms with Crippen molar-refractivity contribution in [2.45, 2.75) is 51.9 Å². The molecule has 1 heterocycles. The quantitative estimate of drug-likeness (QED) is 0.771. The lowest BCUT2D eigenvalue weighted by Crippen LogP contribution is -2.53. The zero-order valence-electron chi connectivity index (χ0n) is 13.6. The zero-order chi connectivity index (χ0) is 18.7. The molecule has 0 radical (unpaired) electrons. The zero-order valence-corrected chi connectivity index (χ0v) is 14.5. The Hall–Kier alpha value is -1.45. The van der Waals surface area contributed by atoms with Crippen molar-refractivity contribution in [2.75, 3.05) is 11.6 Å². The molecule has 2 atom stereocenters. The standard InChI is InChI=1S/C14H21F3N2O4S/c1-13(2,3)5-10(20)19-7-24-6-9(19)11(21)18-8(12(22)23)4-14(15,16)17/h8-9H,4-7H2,1-3H3,(H,18,21)(H,22,23). The van der Waals surface area contributed by atoms with Crippen molar-refractivity contribution < 1.29 is 32.7 Å². The molecule has 1 aliphatic heterocycles. The van der Waals surface area contributed by atoms with E-state index >= 15 is 0 Å². The van der Waals surface area contributed by atoms with E-state index in [1.807, 2.05) is 26.1 Å². The van der Waals surface area contributed by atoms with Gasteiger partial charge in [0.2, 0.25) is 11.8 Å². The van der Waals surface area contributed by atoms with Gasteiger partial charge in [0.15, 0.2) is 0 Å². The van der Waals surface area contributed by atoms with E-state index in [9.17, 15) is 27.6 Å². The third kappa shape index (κ3) is 6.58. The van der Waals surface area contributed by atoms with Crippen LogP contribution in [0.15, 0.2) is 0 Å². The Morgan fingerprint density at radius 1 is 1.29 bits per heavy atom. The molecule has 0 aromatic rings. The van der Waals surface area contributed by atoms with Crippen LogP contribution < -0.4 is 5.32 Å². The summed E-state index contributed by atoms with van der Waals surface area (Å²) in [6, 6.07) is -3.03. The van der Waals surface area contributed by atoms with E-state index < -0.39 is 36.6 Å². The summed E-state index contributed by atoms with van der Waals surface area (Å²) < 4.78 is 37.2. The van der Waals surface area contributed by atoms with Crippen LogP contribution in [0.3, 0.4) is 0 Å². The van der Waals surface area contributed by atoms with E-state index in [2.05, 4.69) is 0 Å². The summed E-state index contributed by atoms with van der Waals surface area (Å²) in [7, 11) is 0. The fourth-order valence-corrected chi connectivity index (χ4v) is 3.34. The fourth-order valence-electron chi connectivity index (χ4n) is 2.16. The Kier molecular flexibility index (Phi) is 6.54. The lowest BCUT2D eigenvalue weighted by Gasteiger charge is -2.27. The van der Waals surface area contributed by atoms with Crippen LogP contribution in [0.1, 0.15) is 33.6 Å². The number of amides is 2. The maximum atomic E-state index is 12.4. The maximum Gasteiger partial charge on any atom is 0.391 e. The summed E-state index contributed by atoms with van der Waals surface area (Å²) in [6.07, 6.45) is -6.20. The highest BCUT2D eigenvalue weighted by atomic mass is 32.2. The predicted octanol–water partition coefficient (Wildman–Crippen LogP) is 1.85. The largest absolute Gasteiger partial charge is 0.480 e. The highest BCUT2D eigenvalue weighted by molar-refractivity contribution is 7.99. The molecule has 1 rings (SSSR count). The SMILES string of the molecule is CC(C)(C)CC(=O)N1CSCC1C(=O)NC(CC(F)(F)F)C(=O)O. The number of carbonyl (C=O) groups is 3. The number of halogens is 3. The molecule has 2 N–H and O–H groups in total. The molecule has 0 bridgehead atoms. The molecule has 10 heteroatoms. The van der Waals surface area contributed by atoms with Gasteiger partial charge in [-0.3, -0.25) is 9.59 Å². The average Bonchev–Trinajstić information content (AvgIpc) is 2.83. The van der Waals surface area contributed by atoms with Crippen LogP contribution in [0.4, 0.5) is 13.2 Å². The Morgan fingerprint density at radius 3 is 2.33 bits per heavy atom. The van der Waals surface area contributed by atoms with E-state index in [-0.39, 0.29) is 29.4 Å². The first kappa shape index (κ1) is 20.6. The van der Waals surface area contributed by atoms with Crippen molar-refractivity contribution in [2.24, 2.45) is 5.41 Å². The number of nitrogens with zero attached hydrogens (tertiary/aromatic N) is 1. The van der Waals surface area contributed by atoms with Crippen molar-refractivity contribution in [1.82, 2.24) is 10.2 Å². The number of nitrogens with one attached hydrogen (secondary N) is 1. The smallest absolute Gasteiger partial charge is 0.391 e. The molecule has 2 unspecified atom stereocenters. The van der Waals surface area contributed by atoms with Gasteiger partial charge in [0, 0.05) is 12.2 Å². The number of carbonyl (C=O) groups excluding carboxylic acids is 2. The maximum absolute atomic E-state index is 12.4. The molecule has 0 aliphatic carbocycles. The summed E-state index contributed by atoms with van der Waals surface area (Å²) in [6.45, 7) is 5.56. The summed E-state index contributed by atoms with van der Waals surface area (Å²) in [5.74, 6) is -2.45. The molecule has 1 aliphatic rings. The molecule has 24 heavy (non-hydrogen) atoms. The van der Waals surface area contributed by atoms with Gasteiger partial charge in [-0.05, 0) is 5.41 Å². The van der Waals surface area contributed by atoms with Crippen LogP contribution in [0.2, 0.25) is 0 Å². The highest BCUT2D eigenvalue weighted by Crippen LogP contribution is 2.27. The van der Waals surface area contributed by atoms with Gasteiger partial charge in [-0.25, -0.2) is 4.79 Å². The second-order valence-corrected chi connectivity index (χ2v) is 7.84. The van der Waals surface area contributed by atoms with Gasteiger partial charge >= 0.3 is 12.1 Å². The molecule has 6 nitrogen and oxygen atoms in total. The van der Waals surface area contributed by atoms with Crippen LogP contribution >= 0.6 is 11.8 Å². The van der Waals surface area contributed by atoms with Crippen LogP contribution in [0.25, 0.3) is 0 Å². The minimum Gasteiger partial charge on any atom is -0.480 e. The number of rotatable bonds is 5. The first-order valence-electron chi connectivity index (χ1n) is 7.27. The fraction of sp³-hybridized carbons (Fsp3) is 0.786. The number of aliphatic carboxylic acids is 1. The van der Waals surface area contributed by atoms with Gasteiger partial charge < -0.3 is 15.3 Å². The molecule has 0 spiro atoms. The summed E-state index contributed by atoms with van der Waals surface area (Å²) in [4.78, 5) is 36.7. The van der Waals surface area contributed by atoms with Gasteiger partial charge in [0.05, 0.1) is 12.3 Å². The number of hydrogen-bond acceptors (Lipinski definition) is 4. The van der Waals surface area contributed by atoms with Gasteiger partial charge in [-0.2, -0.15) is 13.2 Å². The average molecular weight is 370 g/mol. The molecular formula is C14H21F3N2O4S. The molecule has 2 amide bonds. The van der Waals surface area contributed by atoms with Crippen molar-refractivity contribution >= 4 is 29.5 Å². The van der Waals surface area contributed by atoms with E-state index in [1.54, 1.807) is 0 Å². The molecule has 0 saturated carbocycles.